The summed E-state index contributed by atoms with van der Waals surface area (Å²) in [7, 11) is 0. The normalized spacial score (nSPS) is 27.2. The number of nitrogens with zero attached hydrogens (tertiary/aromatic N) is 2. The van der Waals surface area contributed by atoms with Gasteiger partial charge >= 0.3 is 0 Å². The van der Waals surface area contributed by atoms with Crippen molar-refractivity contribution in [1.29, 1.82) is 0 Å². The number of nitrogens with one attached hydrogen (secondary N) is 1. The number of benzene rings is 3. The van der Waals surface area contributed by atoms with Crippen LogP contribution in [0.5, 0.6) is 0 Å². The molecule has 4 atom stereocenters. The fraction of sp³-hybridized carbons (Fsp3) is 0.222. The second kappa shape index (κ2) is 7.73. The van der Waals surface area contributed by atoms with Crippen LogP contribution in [0.15, 0.2) is 72.8 Å². The van der Waals surface area contributed by atoms with Gasteiger partial charge in [0.1, 0.15) is 11.4 Å². The number of fused-ring (bicyclic) bond motifs is 4. The predicted molar refractivity (Wildman–Crippen MR) is 129 cm³/mol. The monoisotopic (exact) mass is 489 g/mol. The maximum Gasteiger partial charge on any atom is 0.253 e. The van der Waals surface area contributed by atoms with E-state index in [1.165, 1.54) is 17.0 Å². The highest BCUT2D eigenvalue weighted by molar-refractivity contribution is 6.31. The van der Waals surface area contributed by atoms with E-state index in [4.69, 9.17) is 11.6 Å². The highest BCUT2D eigenvalue weighted by Crippen LogP contribution is 2.55. The van der Waals surface area contributed by atoms with Crippen LogP contribution >= 0.6 is 11.6 Å². The third kappa shape index (κ3) is 3.01. The lowest BCUT2D eigenvalue weighted by molar-refractivity contribution is -0.132. The minimum atomic E-state index is -1.37. The van der Waals surface area contributed by atoms with E-state index in [0.717, 1.165) is 5.56 Å². The van der Waals surface area contributed by atoms with Gasteiger partial charge in [-0.15, -0.1) is 0 Å². The zero-order valence-electron chi connectivity index (χ0n) is 18.7. The molecule has 0 radical (unpaired) electrons. The Labute approximate surface area is 206 Å². The van der Waals surface area contributed by atoms with Gasteiger partial charge in [-0.2, -0.15) is 0 Å². The van der Waals surface area contributed by atoms with Crippen LogP contribution < -0.4 is 15.1 Å². The molecule has 0 bridgehead atoms. The lowest BCUT2D eigenvalue weighted by Gasteiger charge is -2.30. The highest BCUT2D eigenvalue weighted by Gasteiger charge is 2.71. The maximum absolute atomic E-state index is 14.2. The molecular weight excluding hydrogens is 469 g/mol. The van der Waals surface area contributed by atoms with Gasteiger partial charge in [0, 0.05) is 22.3 Å². The quantitative estimate of drug-likeness (QED) is 0.564. The SMILES string of the molecule is C[C@@H]1N[C@]2(C(=O)N(Cc3ccc(F)cc3)c3ccccc32)[C@H]2C(=O)N(c3ccc(Cl)cc3)C(=O)[C@H]12. The summed E-state index contributed by atoms with van der Waals surface area (Å²) in [5, 5.41) is 3.86. The van der Waals surface area contributed by atoms with Crippen molar-refractivity contribution in [2.45, 2.75) is 25.0 Å². The van der Waals surface area contributed by atoms with E-state index in [2.05, 4.69) is 5.32 Å². The van der Waals surface area contributed by atoms with E-state index in [-0.39, 0.29) is 24.2 Å². The molecule has 3 amide bonds. The fourth-order valence-corrected chi connectivity index (χ4v) is 6.01. The van der Waals surface area contributed by atoms with Crippen LogP contribution in [0.4, 0.5) is 15.8 Å². The standard InChI is InChI=1S/C27H21ClFN3O3/c1-15-22-23(25(34)32(24(22)33)19-12-8-17(28)9-13-19)27(30-15)20-4-2-3-5-21(20)31(26(27)35)14-16-6-10-18(29)11-7-16/h2-13,15,22-23,30H,14H2,1H3/t15-,22+,23+,27-/m0/s1. The molecule has 6 nitrogen and oxygen atoms in total. The van der Waals surface area contributed by atoms with Crippen LogP contribution in [0.3, 0.4) is 0 Å². The van der Waals surface area contributed by atoms with Crippen LogP contribution in [0.25, 0.3) is 0 Å². The largest absolute Gasteiger partial charge is 0.306 e. The van der Waals surface area contributed by atoms with Gasteiger partial charge in [0.05, 0.1) is 24.1 Å². The zero-order chi connectivity index (χ0) is 24.5. The molecular formula is C27H21ClFN3O3. The third-order valence-electron chi connectivity index (χ3n) is 7.35. The van der Waals surface area contributed by atoms with Crippen molar-refractivity contribution in [3.63, 3.8) is 0 Å². The molecule has 0 saturated carbocycles. The Morgan fingerprint density at radius 3 is 2.34 bits per heavy atom. The molecule has 3 heterocycles. The molecule has 3 aromatic rings. The highest BCUT2D eigenvalue weighted by atomic mass is 35.5. The topological polar surface area (TPSA) is 69.7 Å². The van der Waals surface area contributed by atoms with Crippen molar-refractivity contribution in [3.05, 3.63) is 94.8 Å². The Hall–Kier alpha value is -3.55. The molecule has 0 unspecified atom stereocenters. The summed E-state index contributed by atoms with van der Waals surface area (Å²) >= 11 is 6.01. The first-order valence-electron chi connectivity index (χ1n) is 11.4. The van der Waals surface area contributed by atoms with Crippen LogP contribution in [0.1, 0.15) is 18.1 Å². The summed E-state index contributed by atoms with van der Waals surface area (Å²) in [5.41, 5.74) is 1.17. The van der Waals surface area contributed by atoms with Gasteiger partial charge in [-0.3, -0.25) is 19.7 Å². The Morgan fingerprint density at radius 1 is 0.943 bits per heavy atom. The van der Waals surface area contributed by atoms with Gasteiger partial charge in [-0.25, -0.2) is 9.29 Å². The van der Waals surface area contributed by atoms with Gasteiger partial charge in [0.15, 0.2) is 0 Å². The minimum Gasteiger partial charge on any atom is -0.306 e. The molecule has 3 aliphatic heterocycles. The Morgan fingerprint density at radius 2 is 1.63 bits per heavy atom. The first-order valence-corrected chi connectivity index (χ1v) is 11.8. The molecule has 6 rings (SSSR count). The maximum atomic E-state index is 14.2. The number of halogens is 2. The van der Waals surface area contributed by atoms with Crippen LogP contribution in [0, 0.1) is 17.7 Å². The molecule has 0 aromatic heterocycles. The van der Waals surface area contributed by atoms with Crippen LogP contribution in [-0.4, -0.2) is 23.8 Å². The Bertz CT molecular complexity index is 1380. The number of para-hydroxylation sites is 1. The predicted octanol–water partition coefficient (Wildman–Crippen LogP) is 4.02. The summed E-state index contributed by atoms with van der Waals surface area (Å²) in [4.78, 5) is 44.4. The van der Waals surface area contributed by atoms with Gasteiger partial charge in [0.25, 0.3) is 5.91 Å². The van der Waals surface area contributed by atoms with Crippen molar-refractivity contribution < 1.29 is 18.8 Å². The first-order chi connectivity index (χ1) is 16.8. The first kappa shape index (κ1) is 21.9. The second-order valence-corrected chi connectivity index (χ2v) is 9.70. The number of hydrogen-bond donors (Lipinski definition) is 1. The molecule has 0 aliphatic carbocycles. The minimum absolute atomic E-state index is 0.217. The lowest BCUT2D eigenvalue weighted by Crippen LogP contribution is -2.54. The number of amides is 3. The molecule has 3 aromatic carbocycles. The Balaban J connectivity index is 1.45. The van der Waals surface area contributed by atoms with Crippen LogP contribution in [0.2, 0.25) is 5.02 Å². The third-order valence-corrected chi connectivity index (χ3v) is 7.60. The molecule has 1 N–H and O–H groups in total. The van der Waals surface area contributed by atoms with E-state index in [1.54, 1.807) is 41.3 Å². The summed E-state index contributed by atoms with van der Waals surface area (Å²) in [5.74, 6) is -2.98. The average molecular weight is 490 g/mol. The van der Waals surface area contributed by atoms with E-state index < -0.39 is 29.3 Å². The van der Waals surface area contributed by atoms with E-state index in [0.29, 0.717) is 22.0 Å². The molecule has 176 valence electrons. The van der Waals surface area contributed by atoms with Crippen molar-refractivity contribution in [2.24, 2.45) is 11.8 Å². The molecule has 8 heteroatoms. The summed E-state index contributed by atoms with van der Waals surface area (Å²) in [6, 6.07) is 19.4. The van der Waals surface area contributed by atoms with Gasteiger partial charge in [-0.05, 0) is 55.0 Å². The number of rotatable bonds is 3. The molecule has 3 aliphatic rings. The molecule has 2 saturated heterocycles. The summed E-state index contributed by atoms with van der Waals surface area (Å²) in [6.45, 7) is 2.05. The van der Waals surface area contributed by atoms with E-state index in [1.807, 2.05) is 31.2 Å². The Kier molecular flexibility index (Phi) is 4.85. The molecule has 1 spiro atoms. The summed E-state index contributed by atoms with van der Waals surface area (Å²) < 4.78 is 13.5. The van der Waals surface area contributed by atoms with Crippen molar-refractivity contribution >= 4 is 40.7 Å². The molecule has 35 heavy (non-hydrogen) atoms. The van der Waals surface area contributed by atoms with E-state index >= 15 is 0 Å². The van der Waals surface area contributed by atoms with Crippen molar-refractivity contribution in [1.82, 2.24) is 5.32 Å². The van der Waals surface area contributed by atoms with Crippen LogP contribution in [-0.2, 0) is 26.5 Å². The number of anilines is 2. The van der Waals surface area contributed by atoms with Crippen molar-refractivity contribution in [3.8, 4) is 0 Å². The zero-order valence-corrected chi connectivity index (χ0v) is 19.5. The smallest absolute Gasteiger partial charge is 0.253 e. The van der Waals surface area contributed by atoms with Gasteiger partial charge in [0.2, 0.25) is 11.8 Å². The summed E-state index contributed by atoms with van der Waals surface area (Å²) in [6.07, 6.45) is 0. The second-order valence-electron chi connectivity index (χ2n) is 9.27. The van der Waals surface area contributed by atoms with Gasteiger partial charge in [-0.1, -0.05) is 41.9 Å². The number of hydrogen-bond acceptors (Lipinski definition) is 4. The van der Waals surface area contributed by atoms with Gasteiger partial charge < -0.3 is 4.90 Å². The number of carbonyl (C=O) groups is 3. The molecule has 2 fully saturated rings. The van der Waals surface area contributed by atoms with E-state index in [9.17, 15) is 18.8 Å². The number of carbonyl (C=O) groups excluding carboxylic acids is 3. The number of imide groups is 1. The fourth-order valence-electron chi connectivity index (χ4n) is 5.88. The van der Waals surface area contributed by atoms with Crippen molar-refractivity contribution in [2.75, 3.05) is 9.80 Å². The average Bonchev–Trinajstić information content (AvgIpc) is 3.40. The lowest BCUT2D eigenvalue weighted by atomic mass is 9.76.